The number of rotatable bonds is 2. The molecule has 3 nitrogen and oxygen atoms in total. The molecule has 0 amide bonds. The Hall–Kier alpha value is -1.06. The summed E-state index contributed by atoms with van der Waals surface area (Å²) in [7, 11) is 0. The van der Waals surface area contributed by atoms with Crippen molar-refractivity contribution < 1.29 is 4.42 Å². The number of nitrogens with zero attached hydrogens (tertiary/aromatic N) is 2. The minimum Gasteiger partial charge on any atom is -0.418 e. The minimum atomic E-state index is -0.781. The SMILES string of the molecule is Cc1ccc(-c2nnc(C(Cl)Cl)o2)cc1. The number of aromatic nitrogens is 2. The third kappa shape index (κ3) is 2.30. The Kier molecular flexibility index (Phi) is 2.93. The lowest BCUT2D eigenvalue weighted by atomic mass is 10.1. The van der Waals surface area contributed by atoms with E-state index in [0.29, 0.717) is 5.89 Å². The normalized spacial score (nSPS) is 10.9. The van der Waals surface area contributed by atoms with E-state index in [2.05, 4.69) is 10.2 Å². The van der Waals surface area contributed by atoms with Gasteiger partial charge in [-0.1, -0.05) is 40.9 Å². The van der Waals surface area contributed by atoms with Crippen molar-refractivity contribution in [1.29, 1.82) is 0 Å². The van der Waals surface area contributed by atoms with Crippen molar-refractivity contribution in [2.75, 3.05) is 0 Å². The molecule has 0 bridgehead atoms. The summed E-state index contributed by atoms with van der Waals surface area (Å²) in [6.45, 7) is 2.01. The molecule has 0 atom stereocenters. The molecule has 1 heterocycles. The van der Waals surface area contributed by atoms with Gasteiger partial charge in [-0.05, 0) is 19.1 Å². The number of aryl methyl sites for hydroxylation is 1. The first-order valence-corrected chi connectivity index (χ1v) is 5.22. The third-order valence-electron chi connectivity index (χ3n) is 1.93. The number of benzene rings is 1. The lowest BCUT2D eigenvalue weighted by molar-refractivity contribution is 0.523. The highest BCUT2D eigenvalue weighted by molar-refractivity contribution is 6.43. The van der Waals surface area contributed by atoms with Crippen molar-refractivity contribution in [2.45, 2.75) is 11.8 Å². The summed E-state index contributed by atoms with van der Waals surface area (Å²) < 4.78 is 5.28. The van der Waals surface area contributed by atoms with Gasteiger partial charge in [0, 0.05) is 5.56 Å². The van der Waals surface area contributed by atoms with Crippen LogP contribution in [0.25, 0.3) is 11.5 Å². The van der Waals surface area contributed by atoms with Gasteiger partial charge in [-0.25, -0.2) is 0 Å². The first-order valence-electron chi connectivity index (χ1n) is 4.35. The smallest absolute Gasteiger partial charge is 0.249 e. The van der Waals surface area contributed by atoms with E-state index in [1.165, 1.54) is 5.56 Å². The molecule has 0 aliphatic carbocycles. The van der Waals surface area contributed by atoms with Crippen LogP contribution in [0.4, 0.5) is 0 Å². The molecule has 0 unspecified atom stereocenters. The summed E-state index contributed by atoms with van der Waals surface area (Å²) in [6, 6.07) is 7.75. The summed E-state index contributed by atoms with van der Waals surface area (Å²) in [6.07, 6.45) is 0. The zero-order valence-corrected chi connectivity index (χ0v) is 9.46. The Balaban J connectivity index is 2.33. The van der Waals surface area contributed by atoms with Crippen molar-refractivity contribution in [3.8, 4) is 11.5 Å². The second-order valence-corrected chi connectivity index (χ2v) is 4.21. The molecule has 0 aliphatic heterocycles. The molecule has 2 aromatic rings. The molecular weight excluding hydrogens is 235 g/mol. The van der Waals surface area contributed by atoms with Crippen LogP contribution in [0, 0.1) is 6.92 Å². The lowest BCUT2D eigenvalue weighted by Gasteiger charge is -1.95. The highest BCUT2D eigenvalue weighted by atomic mass is 35.5. The van der Waals surface area contributed by atoms with Crippen LogP contribution in [-0.2, 0) is 0 Å². The van der Waals surface area contributed by atoms with Gasteiger partial charge in [0.2, 0.25) is 11.8 Å². The van der Waals surface area contributed by atoms with Gasteiger partial charge in [0.1, 0.15) is 0 Å². The van der Waals surface area contributed by atoms with E-state index in [4.69, 9.17) is 27.6 Å². The number of hydrogen-bond donors (Lipinski definition) is 0. The Morgan fingerprint density at radius 2 is 1.80 bits per heavy atom. The maximum Gasteiger partial charge on any atom is 0.249 e. The van der Waals surface area contributed by atoms with Crippen molar-refractivity contribution in [3.05, 3.63) is 35.7 Å². The molecule has 0 spiro atoms. The molecule has 78 valence electrons. The molecule has 0 saturated carbocycles. The van der Waals surface area contributed by atoms with E-state index in [1.54, 1.807) is 0 Å². The molecule has 1 aromatic heterocycles. The summed E-state index contributed by atoms with van der Waals surface area (Å²) in [5, 5.41) is 7.59. The Labute approximate surface area is 97.0 Å². The highest BCUT2D eigenvalue weighted by Crippen LogP contribution is 2.26. The standard InChI is InChI=1S/C10H8Cl2N2O/c1-6-2-4-7(5-3-6)9-13-14-10(15-9)8(11)12/h2-5,8H,1H3. The van der Waals surface area contributed by atoms with Crippen molar-refractivity contribution in [2.24, 2.45) is 0 Å². The van der Waals surface area contributed by atoms with E-state index in [-0.39, 0.29) is 5.89 Å². The van der Waals surface area contributed by atoms with Crippen molar-refractivity contribution in [1.82, 2.24) is 10.2 Å². The second kappa shape index (κ2) is 4.21. The van der Waals surface area contributed by atoms with Gasteiger partial charge in [0.25, 0.3) is 0 Å². The molecule has 0 aliphatic rings. The maximum atomic E-state index is 5.60. The monoisotopic (exact) mass is 242 g/mol. The maximum absolute atomic E-state index is 5.60. The minimum absolute atomic E-state index is 0.217. The van der Waals surface area contributed by atoms with Crippen LogP contribution in [0.5, 0.6) is 0 Å². The van der Waals surface area contributed by atoms with E-state index < -0.39 is 4.84 Å². The van der Waals surface area contributed by atoms with Gasteiger partial charge >= 0.3 is 0 Å². The Morgan fingerprint density at radius 3 is 2.33 bits per heavy atom. The molecule has 0 N–H and O–H groups in total. The van der Waals surface area contributed by atoms with Gasteiger partial charge in [-0.2, -0.15) is 0 Å². The van der Waals surface area contributed by atoms with Crippen molar-refractivity contribution in [3.63, 3.8) is 0 Å². The summed E-state index contributed by atoms with van der Waals surface area (Å²) in [5.41, 5.74) is 2.03. The third-order valence-corrected chi connectivity index (χ3v) is 2.30. The van der Waals surface area contributed by atoms with Crippen LogP contribution < -0.4 is 0 Å². The second-order valence-electron chi connectivity index (χ2n) is 3.11. The summed E-state index contributed by atoms with van der Waals surface area (Å²) in [4.78, 5) is -0.781. The van der Waals surface area contributed by atoms with E-state index in [9.17, 15) is 0 Å². The number of hydrogen-bond acceptors (Lipinski definition) is 3. The van der Waals surface area contributed by atoms with Crippen molar-refractivity contribution >= 4 is 23.2 Å². The molecular formula is C10H8Cl2N2O. The van der Waals surface area contributed by atoms with Gasteiger partial charge in [0.15, 0.2) is 4.84 Å². The van der Waals surface area contributed by atoms with E-state index >= 15 is 0 Å². The quantitative estimate of drug-likeness (QED) is 0.757. The largest absolute Gasteiger partial charge is 0.418 e. The van der Waals surface area contributed by atoms with Crippen LogP contribution in [0.1, 0.15) is 16.3 Å². The number of alkyl halides is 2. The number of halogens is 2. The van der Waals surface area contributed by atoms with Gasteiger partial charge in [0.05, 0.1) is 0 Å². The van der Waals surface area contributed by atoms with Gasteiger partial charge in [-0.15, -0.1) is 10.2 Å². The first-order chi connectivity index (χ1) is 7.16. The van der Waals surface area contributed by atoms with Crippen LogP contribution in [-0.4, -0.2) is 10.2 Å². The average Bonchev–Trinajstić information content (AvgIpc) is 2.68. The summed E-state index contributed by atoms with van der Waals surface area (Å²) >= 11 is 11.2. The van der Waals surface area contributed by atoms with Crippen LogP contribution in [0.2, 0.25) is 0 Å². The van der Waals surface area contributed by atoms with Crippen LogP contribution >= 0.6 is 23.2 Å². The predicted molar refractivity (Wildman–Crippen MR) is 58.9 cm³/mol. The lowest BCUT2D eigenvalue weighted by Crippen LogP contribution is -1.79. The van der Waals surface area contributed by atoms with E-state index in [0.717, 1.165) is 5.56 Å². The Morgan fingerprint density at radius 1 is 1.13 bits per heavy atom. The molecule has 0 saturated heterocycles. The molecule has 0 radical (unpaired) electrons. The fraction of sp³-hybridized carbons (Fsp3) is 0.200. The van der Waals surface area contributed by atoms with Crippen LogP contribution in [0.3, 0.4) is 0 Å². The molecule has 5 heteroatoms. The average molecular weight is 243 g/mol. The zero-order valence-electron chi connectivity index (χ0n) is 7.95. The fourth-order valence-corrected chi connectivity index (χ4v) is 1.31. The zero-order chi connectivity index (χ0) is 10.8. The molecule has 1 aromatic carbocycles. The highest BCUT2D eigenvalue weighted by Gasteiger charge is 2.13. The molecule has 0 fully saturated rings. The van der Waals surface area contributed by atoms with Gasteiger partial charge in [-0.3, -0.25) is 0 Å². The van der Waals surface area contributed by atoms with Crippen LogP contribution in [0.15, 0.2) is 28.7 Å². The summed E-state index contributed by atoms with van der Waals surface area (Å²) in [5.74, 6) is 0.644. The van der Waals surface area contributed by atoms with Gasteiger partial charge < -0.3 is 4.42 Å². The topological polar surface area (TPSA) is 38.9 Å². The first kappa shape index (κ1) is 10.5. The van der Waals surface area contributed by atoms with E-state index in [1.807, 2.05) is 31.2 Å². The fourth-order valence-electron chi connectivity index (χ4n) is 1.14. The molecule has 15 heavy (non-hydrogen) atoms. The Bertz CT molecular complexity index is 451. The predicted octanol–water partition coefficient (Wildman–Crippen LogP) is 3.52. The molecule has 2 rings (SSSR count).